The Balaban J connectivity index is 0.00000243. The standard InChI is InChI=1S/C18H28N6O.HI/c1-15-12-22-24(14-15)10-7-20-18(19-2)21-13-16(17-6-5-11-25-17)23-8-3-4-9-23;/h5-6,11-12,14,16H,3-4,7-10,13H2,1-2H3,(H2,19,20,21);1H. The van der Waals surface area contributed by atoms with Crippen molar-refractivity contribution in [3.05, 3.63) is 42.1 Å². The quantitative estimate of drug-likeness (QED) is 0.368. The van der Waals surface area contributed by atoms with Gasteiger partial charge in [0.25, 0.3) is 0 Å². The Bertz CT molecular complexity index is 663. The number of nitrogens with zero attached hydrogens (tertiary/aromatic N) is 4. The van der Waals surface area contributed by atoms with Crippen LogP contribution in [-0.2, 0) is 6.54 Å². The summed E-state index contributed by atoms with van der Waals surface area (Å²) in [5.41, 5.74) is 1.18. The summed E-state index contributed by atoms with van der Waals surface area (Å²) in [4.78, 5) is 6.80. The van der Waals surface area contributed by atoms with E-state index in [0.29, 0.717) is 0 Å². The molecule has 0 radical (unpaired) electrons. The zero-order valence-electron chi connectivity index (χ0n) is 15.5. The highest BCUT2D eigenvalue weighted by molar-refractivity contribution is 14.0. The lowest BCUT2D eigenvalue weighted by atomic mass is 10.2. The minimum atomic E-state index is 0. The van der Waals surface area contributed by atoms with E-state index in [0.717, 1.165) is 44.4 Å². The molecule has 144 valence electrons. The van der Waals surface area contributed by atoms with Crippen molar-refractivity contribution in [3.8, 4) is 0 Å². The SMILES string of the molecule is CN=C(NCCn1cc(C)cn1)NCC(c1ccco1)N1CCCC1.I. The normalized spacial score (nSPS) is 16.3. The van der Waals surface area contributed by atoms with Gasteiger partial charge < -0.3 is 15.1 Å². The van der Waals surface area contributed by atoms with Crippen LogP contribution in [0.2, 0.25) is 0 Å². The second kappa shape index (κ2) is 10.6. The maximum Gasteiger partial charge on any atom is 0.191 e. The average molecular weight is 472 g/mol. The highest BCUT2D eigenvalue weighted by atomic mass is 127. The van der Waals surface area contributed by atoms with Gasteiger partial charge in [0.15, 0.2) is 5.96 Å². The van der Waals surface area contributed by atoms with Gasteiger partial charge in [-0.2, -0.15) is 5.10 Å². The molecular weight excluding hydrogens is 443 g/mol. The van der Waals surface area contributed by atoms with Crippen molar-refractivity contribution in [1.29, 1.82) is 0 Å². The molecule has 1 saturated heterocycles. The summed E-state index contributed by atoms with van der Waals surface area (Å²) in [7, 11) is 1.80. The molecule has 1 unspecified atom stereocenters. The lowest BCUT2D eigenvalue weighted by Crippen LogP contribution is -2.43. The number of furan rings is 1. The third-order valence-electron chi connectivity index (χ3n) is 4.54. The summed E-state index contributed by atoms with van der Waals surface area (Å²) in [6, 6.07) is 4.25. The number of hydrogen-bond acceptors (Lipinski definition) is 4. The molecule has 0 aromatic carbocycles. The number of aromatic nitrogens is 2. The molecule has 8 heteroatoms. The lowest BCUT2D eigenvalue weighted by molar-refractivity contribution is 0.215. The van der Waals surface area contributed by atoms with Crippen molar-refractivity contribution in [2.45, 2.75) is 32.4 Å². The molecular formula is C18H29IN6O. The van der Waals surface area contributed by atoms with Crippen LogP contribution in [0.25, 0.3) is 0 Å². The summed E-state index contributed by atoms with van der Waals surface area (Å²) >= 11 is 0. The lowest BCUT2D eigenvalue weighted by Gasteiger charge is -2.26. The molecule has 1 aliphatic rings. The van der Waals surface area contributed by atoms with Crippen LogP contribution >= 0.6 is 24.0 Å². The molecule has 0 amide bonds. The predicted octanol–water partition coefficient (Wildman–Crippen LogP) is 2.40. The molecule has 7 nitrogen and oxygen atoms in total. The molecule has 1 aliphatic heterocycles. The highest BCUT2D eigenvalue weighted by Crippen LogP contribution is 2.24. The van der Waals surface area contributed by atoms with Crippen LogP contribution in [0.3, 0.4) is 0 Å². The molecule has 2 aromatic heterocycles. The van der Waals surface area contributed by atoms with Crippen LogP contribution in [0.5, 0.6) is 0 Å². The second-order valence-corrected chi connectivity index (χ2v) is 6.43. The Hall–Kier alpha value is -1.55. The van der Waals surface area contributed by atoms with E-state index in [1.54, 1.807) is 13.3 Å². The Kier molecular flexibility index (Phi) is 8.43. The van der Waals surface area contributed by atoms with Gasteiger partial charge in [0.1, 0.15) is 5.76 Å². The largest absolute Gasteiger partial charge is 0.468 e. The van der Waals surface area contributed by atoms with Crippen molar-refractivity contribution < 1.29 is 4.42 Å². The molecule has 1 fully saturated rings. The van der Waals surface area contributed by atoms with E-state index in [2.05, 4.69) is 31.7 Å². The zero-order chi connectivity index (χ0) is 17.5. The first kappa shape index (κ1) is 20.8. The van der Waals surface area contributed by atoms with Gasteiger partial charge >= 0.3 is 0 Å². The van der Waals surface area contributed by atoms with Crippen LogP contribution < -0.4 is 10.6 Å². The summed E-state index contributed by atoms with van der Waals surface area (Å²) < 4.78 is 7.60. The van der Waals surface area contributed by atoms with Crippen LogP contribution in [-0.4, -0.2) is 53.9 Å². The van der Waals surface area contributed by atoms with Crippen molar-refractivity contribution in [1.82, 2.24) is 25.3 Å². The van der Waals surface area contributed by atoms with Crippen molar-refractivity contribution in [2.75, 3.05) is 33.2 Å². The molecule has 0 bridgehead atoms. The molecule has 3 heterocycles. The Morgan fingerprint density at radius 3 is 2.77 bits per heavy atom. The minimum absolute atomic E-state index is 0. The number of hydrogen-bond donors (Lipinski definition) is 2. The number of aryl methyl sites for hydroxylation is 1. The zero-order valence-corrected chi connectivity index (χ0v) is 17.8. The van der Waals surface area contributed by atoms with Crippen molar-refractivity contribution >= 4 is 29.9 Å². The van der Waals surface area contributed by atoms with E-state index in [4.69, 9.17) is 4.42 Å². The van der Waals surface area contributed by atoms with Gasteiger partial charge in [0.05, 0.1) is 25.0 Å². The number of rotatable bonds is 7. The fourth-order valence-electron chi connectivity index (χ4n) is 3.24. The van der Waals surface area contributed by atoms with Gasteiger partial charge in [-0.15, -0.1) is 24.0 Å². The van der Waals surface area contributed by atoms with Gasteiger partial charge in [-0.05, 0) is 50.6 Å². The number of nitrogens with one attached hydrogen (secondary N) is 2. The minimum Gasteiger partial charge on any atom is -0.468 e. The number of halogens is 1. The van der Waals surface area contributed by atoms with E-state index in [1.165, 1.54) is 18.4 Å². The summed E-state index contributed by atoms with van der Waals surface area (Å²) in [5, 5.41) is 11.1. The average Bonchev–Trinajstić information content (AvgIpc) is 3.37. The van der Waals surface area contributed by atoms with Gasteiger partial charge in [-0.1, -0.05) is 0 Å². The summed E-state index contributed by atoms with van der Waals surface area (Å²) in [6.07, 6.45) is 8.17. The monoisotopic (exact) mass is 472 g/mol. The maximum atomic E-state index is 5.66. The van der Waals surface area contributed by atoms with E-state index in [1.807, 2.05) is 30.1 Å². The van der Waals surface area contributed by atoms with Crippen LogP contribution in [0.4, 0.5) is 0 Å². The first-order chi connectivity index (χ1) is 12.3. The summed E-state index contributed by atoms with van der Waals surface area (Å²) in [6.45, 7) is 6.65. The van der Waals surface area contributed by atoms with Crippen molar-refractivity contribution in [2.24, 2.45) is 4.99 Å². The summed E-state index contributed by atoms with van der Waals surface area (Å²) in [5.74, 6) is 1.82. The Labute approximate surface area is 172 Å². The molecule has 0 saturated carbocycles. The molecule has 2 N–H and O–H groups in total. The third-order valence-corrected chi connectivity index (χ3v) is 4.54. The van der Waals surface area contributed by atoms with Gasteiger partial charge in [0.2, 0.25) is 0 Å². The van der Waals surface area contributed by atoms with Crippen LogP contribution in [0.15, 0.2) is 40.2 Å². The topological polar surface area (TPSA) is 70.6 Å². The highest BCUT2D eigenvalue weighted by Gasteiger charge is 2.25. The number of guanidine groups is 1. The Morgan fingerprint density at radius 2 is 2.15 bits per heavy atom. The molecule has 3 rings (SSSR count). The smallest absolute Gasteiger partial charge is 0.191 e. The van der Waals surface area contributed by atoms with E-state index >= 15 is 0 Å². The van der Waals surface area contributed by atoms with Crippen LogP contribution in [0.1, 0.15) is 30.2 Å². The van der Waals surface area contributed by atoms with E-state index in [-0.39, 0.29) is 30.0 Å². The van der Waals surface area contributed by atoms with Gasteiger partial charge in [0, 0.05) is 26.3 Å². The maximum absolute atomic E-state index is 5.66. The first-order valence-corrected chi connectivity index (χ1v) is 8.97. The Morgan fingerprint density at radius 1 is 1.35 bits per heavy atom. The number of likely N-dealkylation sites (tertiary alicyclic amines) is 1. The predicted molar refractivity (Wildman–Crippen MR) is 114 cm³/mol. The van der Waals surface area contributed by atoms with Crippen LogP contribution in [0, 0.1) is 6.92 Å². The van der Waals surface area contributed by atoms with Gasteiger partial charge in [-0.3, -0.25) is 14.6 Å². The molecule has 2 aromatic rings. The fraction of sp³-hybridized carbons (Fsp3) is 0.556. The molecule has 26 heavy (non-hydrogen) atoms. The molecule has 1 atom stereocenters. The third kappa shape index (κ3) is 5.73. The van der Waals surface area contributed by atoms with E-state index < -0.39 is 0 Å². The number of aliphatic imine (C=N–C) groups is 1. The first-order valence-electron chi connectivity index (χ1n) is 8.97. The molecule has 0 aliphatic carbocycles. The van der Waals surface area contributed by atoms with E-state index in [9.17, 15) is 0 Å². The second-order valence-electron chi connectivity index (χ2n) is 6.43. The fourth-order valence-corrected chi connectivity index (χ4v) is 3.24. The van der Waals surface area contributed by atoms with Crippen molar-refractivity contribution in [3.63, 3.8) is 0 Å². The van der Waals surface area contributed by atoms with Gasteiger partial charge in [-0.25, -0.2) is 0 Å². The molecule has 0 spiro atoms.